The smallest absolute Gasteiger partial charge is 0.115 e. The van der Waals surface area contributed by atoms with Crippen molar-refractivity contribution in [1.29, 1.82) is 0 Å². The molecule has 1 atom stereocenters. The maximum atomic E-state index is 10.4. The topological polar surface area (TPSA) is 20.2 Å². The lowest BCUT2D eigenvalue weighted by atomic mass is 10.1. The number of rotatable bonds is 2. The van der Waals surface area contributed by atoms with E-state index in [1.165, 1.54) is 15.0 Å². The Hall–Kier alpha value is -1.16. The molecule has 2 heterocycles. The minimum atomic E-state index is -0.504. The highest BCUT2D eigenvalue weighted by Gasteiger charge is 2.15. The van der Waals surface area contributed by atoms with Crippen molar-refractivity contribution in [2.75, 3.05) is 0 Å². The van der Waals surface area contributed by atoms with E-state index < -0.39 is 6.10 Å². The number of fused-ring (bicyclic) bond motifs is 1. The van der Waals surface area contributed by atoms with Crippen molar-refractivity contribution < 1.29 is 5.11 Å². The van der Waals surface area contributed by atoms with E-state index >= 15 is 0 Å². The van der Waals surface area contributed by atoms with E-state index in [1.54, 1.807) is 22.7 Å². The molecule has 3 aromatic rings. The molecule has 0 spiro atoms. The van der Waals surface area contributed by atoms with E-state index in [9.17, 15) is 5.11 Å². The summed E-state index contributed by atoms with van der Waals surface area (Å²) in [5.74, 6) is 0. The number of aliphatic hydroxyl groups excluding tert-OH is 1. The van der Waals surface area contributed by atoms with Gasteiger partial charge in [0, 0.05) is 20.0 Å². The average molecular weight is 260 g/mol. The highest BCUT2D eigenvalue weighted by atomic mass is 32.1. The van der Waals surface area contributed by atoms with Crippen molar-refractivity contribution in [3.8, 4) is 0 Å². The molecule has 0 fully saturated rings. The van der Waals surface area contributed by atoms with Crippen LogP contribution in [0, 0.1) is 6.92 Å². The van der Waals surface area contributed by atoms with E-state index in [-0.39, 0.29) is 0 Å². The van der Waals surface area contributed by atoms with Gasteiger partial charge in [0.2, 0.25) is 0 Å². The Bertz CT molecular complexity index is 651. The fourth-order valence-corrected chi connectivity index (χ4v) is 3.81. The number of hydrogen-bond acceptors (Lipinski definition) is 3. The minimum Gasteiger partial charge on any atom is -0.383 e. The van der Waals surface area contributed by atoms with Crippen LogP contribution < -0.4 is 0 Å². The van der Waals surface area contributed by atoms with Crippen molar-refractivity contribution in [2.24, 2.45) is 0 Å². The summed E-state index contributed by atoms with van der Waals surface area (Å²) in [5.41, 5.74) is 1.01. The van der Waals surface area contributed by atoms with Crippen molar-refractivity contribution in [3.63, 3.8) is 0 Å². The van der Waals surface area contributed by atoms with Crippen LogP contribution in [0.2, 0.25) is 0 Å². The van der Waals surface area contributed by atoms with Gasteiger partial charge in [0.05, 0.1) is 0 Å². The number of hydrogen-bond donors (Lipinski definition) is 1. The fraction of sp³-hybridized carbons (Fsp3) is 0.143. The van der Waals surface area contributed by atoms with E-state index in [0.717, 1.165) is 10.4 Å². The van der Waals surface area contributed by atoms with Gasteiger partial charge < -0.3 is 5.11 Å². The maximum absolute atomic E-state index is 10.4. The van der Waals surface area contributed by atoms with Gasteiger partial charge in [-0.15, -0.1) is 22.7 Å². The molecule has 1 unspecified atom stereocenters. The van der Waals surface area contributed by atoms with E-state index in [0.29, 0.717) is 0 Å². The number of thiophene rings is 2. The van der Waals surface area contributed by atoms with Crippen LogP contribution >= 0.6 is 22.7 Å². The van der Waals surface area contributed by atoms with E-state index in [4.69, 9.17) is 0 Å². The Labute approximate surface area is 108 Å². The third-order valence-corrected chi connectivity index (χ3v) is 4.87. The van der Waals surface area contributed by atoms with Crippen molar-refractivity contribution in [3.05, 3.63) is 57.1 Å². The Balaban J connectivity index is 2.12. The van der Waals surface area contributed by atoms with E-state index in [1.807, 2.05) is 18.2 Å². The molecule has 0 aliphatic rings. The molecule has 3 rings (SSSR count). The van der Waals surface area contributed by atoms with Crippen LogP contribution in [0.5, 0.6) is 0 Å². The van der Waals surface area contributed by atoms with Crippen molar-refractivity contribution in [2.45, 2.75) is 13.0 Å². The van der Waals surface area contributed by atoms with Gasteiger partial charge >= 0.3 is 0 Å². The van der Waals surface area contributed by atoms with Crippen molar-refractivity contribution >= 4 is 32.8 Å². The second kappa shape index (κ2) is 4.26. The average Bonchev–Trinajstić information content (AvgIpc) is 2.95. The normalized spacial score (nSPS) is 13.1. The van der Waals surface area contributed by atoms with Gasteiger partial charge in [-0.2, -0.15) is 0 Å². The summed E-state index contributed by atoms with van der Waals surface area (Å²) in [7, 11) is 0. The maximum Gasteiger partial charge on any atom is 0.115 e. The molecule has 17 heavy (non-hydrogen) atoms. The Morgan fingerprint density at radius 2 is 2.00 bits per heavy atom. The summed E-state index contributed by atoms with van der Waals surface area (Å²) in [6.45, 7) is 2.06. The SMILES string of the molecule is Cc1ccc(C(O)c2cccc3ccsc23)s1. The third-order valence-electron chi connectivity index (χ3n) is 2.83. The number of aliphatic hydroxyl groups is 1. The predicted octanol–water partition coefficient (Wildman–Crippen LogP) is 4.35. The van der Waals surface area contributed by atoms with Crippen LogP contribution in [-0.4, -0.2) is 5.11 Å². The lowest BCUT2D eigenvalue weighted by Gasteiger charge is -2.09. The molecule has 0 bridgehead atoms. The number of aryl methyl sites for hydroxylation is 1. The quantitative estimate of drug-likeness (QED) is 0.726. The van der Waals surface area contributed by atoms with Gasteiger partial charge in [-0.3, -0.25) is 0 Å². The first-order valence-electron chi connectivity index (χ1n) is 5.46. The summed E-state index contributed by atoms with van der Waals surface area (Å²) in [4.78, 5) is 2.25. The molecular formula is C14H12OS2. The Kier molecular flexibility index (Phi) is 2.74. The lowest BCUT2D eigenvalue weighted by molar-refractivity contribution is 0.226. The highest BCUT2D eigenvalue weighted by Crippen LogP contribution is 2.34. The fourth-order valence-electron chi connectivity index (χ4n) is 1.99. The van der Waals surface area contributed by atoms with Gasteiger partial charge in [0.1, 0.15) is 6.10 Å². The highest BCUT2D eigenvalue weighted by molar-refractivity contribution is 7.17. The zero-order valence-corrected chi connectivity index (χ0v) is 11.0. The van der Waals surface area contributed by atoms with E-state index in [2.05, 4.69) is 30.5 Å². The Morgan fingerprint density at radius 1 is 1.12 bits per heavy atom. The third kappa shape index (κ3) is 1.90. The molecule has 2 aromatic heterocycles. The van der Waals surface area contributed by atoms with Gasteiger partial charge in [-0.25, -0.2) is 0 Å². The first-order valence-corrected chi connectivity index (χ1v) is 7.16. The first-order chi connectivity index (χ1) is 8.25. The van der Waals surface area contributed by atoms with Gasteiger partial charge in [0.25, 0.3) is 0 Å². The summed E-state index contributed by atoms with van der Waals surface area (Å²) >= 11 is 3.34. The monoisotopic (exact) mass is 260 g/mol. The molecule has 0 amide bonds. The van der Waals surface area contributed by atoms with Crippen LogP contribution in [0.4, 0.5) is 0 Å². The molecular weight excluding hydrogens is 248 g/mol. The predicted molar refractivity (Wildman–Crippen MR) is 74.9 cm³/mol. The van der Waals surface area contributed by atoms with Gasteiger partial charge in [-0.05, 0) is 35.9 Å². The summed E-state index contributed by atoms with van der Waals surface area (Å²) in [6, 6.07) is 12.3. The van der Waals surface area contributed by atoms with Crippen molar-refractivity contribution in [1.82, 2.24) is 0 Å². The van der Waals surface area contributed by atoms with Gasteiger partial charge in [0.15, 0.2) is 0 Å². The molecule has 3 heteroatoms. The molecule has 0 radical (unpaired) electrons. The minimum absolute atomic E-state index is 0.504. The van der Waals surface area contributed by atoms with Crippen LogP contribution in [0.3, 0.4) is 0 Å². The van der Waals surface area contributed by atoms with Crippen LogP contribution in [0.15, 0.2) is 41.8 Å². The molecule has 1 aromatic carbocycles. The standard InChI is InChI=1S/C14H12OS2/c1-9-5-6-12(17-9)13(15)11-4-2-3-10-7-8-16-14(10)11/h2-8,13,15H,1H3. The Morgan fingerprint density at radius 3 is 2.76 bits per heavy atom. The largest absolute Gasteiger partial charge is 0.383 e. The molecule has 1 nitrogen and oxygen atoms in total. The molecule has 0 saturated carbocycles. The zero-order chi connectivity index (χ0) is 11.8. The molecule has 0 saturated heterocycles. The van der Waals surface area contributed by atoms with Crippen LogP contribution in [0.25, 0.3) is 10.1 Å². The molecule has 86 valence electrons. The summed E-state index contributed by atoms with van der Waals surface area (Å²) in [6.07, 6.45) is -0.504. The van der Waals surface area contributed by atoms with Gasteiger partial charge in [-0.1, -0.05) is 18.2 Å². The van der Waals surface area contributed by atoms with Crippen LogP contribution in [-0.2, 0) is 0 Å². The second-order valence-electron chi connectivity index (χ2n) is 4.04. The number of benzene rings is 1. The molecule has 0 aliphatic carbocycles. The summed E-state index contributed by atoms with van der Waals surface area (Å²) < 4.78 is 1.19. The lowest BCUT2D eigenvalue weighted by Crippen LogP contribution is -1.96. The summed E-state index contributed by atoms with van der Waals surface area (Å²) in [5, 5.41) is 13.7. The first kappa shape index (κ1) is 11.0. The second-order valence-corrected chi connectivity index (χ2v) is 6.27. The molecule has 1 N–H and O–H groups in total. The molecule has 0 aliphatic heterocycles. The zero-order valence-electron chi connectivity index (χ0n) is 9.38. The van der Waals surface area contributed by atoms with Crippen LogP contribution in [0.1, 0.15) is 21.4 Å².